The molecule has 1 heterocycles. The quantitative estimate of drug-likeness (QED) is 0.325. The lowest BCUT2D eigenvalue weighted by Gasteiger charge is -2.31. The standard InChI is InChI=1S/C27H37N5O2S/c1-18(2)31(19(3)4)16-17-32-26(34)23-10-8-9-11-24(23)29-27(32)35-20(5)25(33)28-21-12-14-22(15-13-21)30(6)7/h8-15,18-20H,16-17H2,1-7H3,(H,28,33). The summed E-state index contributed by atoms with van der Waals surface area (Å²) in [5, 5.41) is 3.70. The van der Waals surface area contributed by atoms with Crippen LogP contribution < -0.4 is 15.8 Å². The zero-order valence-corrected chi connectivity index (χ0v) is 22.6. The van der Waals surface area contributed by atoms with Crippen LogP contribution in [0.15, 0.2) is 58.5 Å². The summed E-state index contributed by atoms with van der Waals surface area (Å²) in [6, 6.07) is 15.8. The van der Waals surface area contributed by atoms with Crippen molar-refractivity contribution in [3.63, 3.8) is 0 Å². The SMILES string of the molecule is CC(Sc1nc2ccccc2c(=O)n1CCN(C(C)C)C(C)C)C(=O)Nc1ccc(N(C)C)cc1. The average Bonchev–Trinajstić information content (AvgIpc) is 2.80. The van der Waals surface area contributed by atoms with Gasteiger partial charge < -0.3 is 10.2 Å². The topological polar surface area (TPSA) is 70.5 Å². The van der Waals surface area contributed by atoms with Gasteiger partial charge in [0.15, 0.2) is 5.16 Å². The summed E-state index contributed by atoms with van der Waals surface area (Å²) >= 11 is 1.32. The first kappa shape index (κ1) is 26.8. The van der Waals surface area contributed by atoms with E-state index in [4.69, 9.17) is 4.98 Å². The van der Waals surface area contributed by atoms with Crippen molar-refractivity contribution in [3.8, 4) is 0 Å². The zero-order valence-electron chi connectivity index (χ0n) is 21.8. The number of aromatic nitrogens is 2. The monoisotopic (exact) mass is 495 g/mol. The van der Waals surface area contributed by atoms with Gasteiger partial charge in [0.05, 0.1) is 16.2 Å². The molecule has 3 aromatic rings. The van der Waals surface area contributed by atoms with E-state index in [1.165, 1.54) is 11.8 Å². The van der Waals surface area contributed by atoms with Crippen molar-refractivity contribution in [3.05, 3.63) is 58.9 Å². The van der Waals surface area contributed by atoms with Crippen LogP contribution in [-0.4, -0.2) is 58.3 Å². The molecule has 188 valence electrons. The second-order valence-corrected chi connectivity index (χ2v) is 10.8. The highest BCUT2D eigenvalue weighted by atomic mass is 32.2. The third kappa shape index (κ3) is 6.64. The van der Waals surface area contributed by atoms with Crippen molar-refractivity contribution < 1.29 is 4.79 Å². The van der Waals surface area contributed by atoms with Crippen molar-refractivity contribution in [1.29, 1.82) is 0 Å². The molecule has 0 aliphatic rings. The van der Waals surface area contributed by atoms with E-state index in [-0.39, 0.29) is 11.5 Å². The van der Waals surface area contributed by atoms with Gasteiger partial charge in [-0.15, -0.1) is 0 Å². The second-order valence-electron chi connectivity index (χ2n) is 9.48. The fourth-order valence-electron chi connectivity index (χ4n) is 4.06. The number of rotatable bonds is 10. The molecule has 1 amide bonds. The number of nitrogens with one attached hydrogen (secondary N) is 1. The number of nitrogens with zero attached hydrogens (tertiary/aromatic N) is 4. The minimum Gasteiger partial charge on any atom is -0.378 e. The van der Waals surface area contributed by atoms with Crippen LogP contribution in [0.5, 0.6) is 0 Å². The van der Waals surface area contributed by atoms with Crippen LogP contribution in [0.25, 0.3) is 10.9 Å². The van der Waals surface area contributed by atoms with E-state index in [1.807, 2.05) is 74.4 Å². The van der Waals surface area contributed by atoms with Gasteiger partial charge in [-0.2, -0.15) is 0 Å². The molecular weight excluding hydrogens is 458 g/mol. The molecule has 1 atom stereocenters. The molecule has 0 fully saturated rings. The number of fused-ring (bicyclic) bond motifs is 1. The van der Waals surface area contributed by atoms with Crippen molar-refractivity contribution in [1.82, 2.24) is 14.5 Å². The smallest absolute Gasteiger partial charge is 0.262 e. The lowest BCUT2D eigenvalue weighted by atomic mass is 10.2. The first-order valence-corrected chi connectivity index (χ1v) is 13.0. The largest absolute Gasteiger partial charge is 0.378 e. The Morgan fingerprint density at radius 2 is 1.63 bits per heavy atom. The van der Waals surface area contributed by atoms with Crippen LogP contribution in [0.1, 0.15) is 34.6 Å². The van der Waals surface area contributed by atoms with Crippen LogP contribution in [-0.2, 0) is 11.3 Å². The van der Waals surface area contributed by atoms with E-state index in [1.54, 1.807) is 4.57 Å². The third-order valence-corrected chi connectivity index (χ3v) is 7.13. The van der Waals surface area contributed by atoms with Crippen molar-refractivity contribution in [2.24, 2.45) is 0 Å². The summed E-state index contributed by atoms with van der Waals surface area (Å²) in [6.07, 6.45) is 0. The first-order chi connectivity index (χ1) is 16.6. The molecule has 0 saturated carbocycles. The van der Waals surface area contributed by atoms with Crippen molar-refractivity contribution in [2.45, 2.75) is 63.7 Å². The van der Waals surface area contributed by atoms with Gasteiger partial charge in [-0.25, -0.2) is 4.98 Å². The van der Waals surface area contributed by atoms with Crippen molar-refractivity contribution in [2.75, 3.05) is 30.9 Å². The maximum absolute atomic E-state index is 13.4. The Labute approximate surface area is 212 Å². The third-order valence-electron chi connectivity index (χ3n) is 6.04. The lowest BCUT2D eigenvalue weighted by Crippen LogP contribution is -2.40. The molecule has 0 aliphatic carbocycles. The molecule has 0 spiro atoms. The fourth-order valence-corrected chi connectivity index (χ4v) is 5.00. The number of hydrogen-bond donors (Lipinski definition) is 1. The van der Waals surface area contributed by atoms with E-state index in [0.717, 1.165) is 17.9 Å². The summed E-state index contributed by atoms with van der Waals surface area (Å²) < 4.78 is 1.72. The lowest BCUT2D eigenvalue weighted by molar-refractivity contribution is -0.115. The van der Waals surface area contributed by atoms with Crippen LogP contribution in [0, 0.1) is 0 Å². The molecule has 2 aromatic carbocycles. The Kier molecular flexibility index (Phi) is 8.97. The van der Waals surface area contributed by atoms with Gasteiger partial charge >= 0.3 is 0 Å². The summed E-state index contributed by atoms with van der Waals surface area (Å²) in [4.78, 5) is 35.5. The minimum absolute atomic E-state index is 0.0718. The average molecular weight is 496 g/mol. The van der Waals surface area contributed by atoms with Gasteiger partial charge in [-0.1, -0.05) is 23.9 Å². The molecule has 0 saturated heterocycles. The number of amides is 1. The highest BCUT2D eigenvalue weighted by Gasteiger charge is 2.21. The molecule has 3 rings (SSSR count). The maximum atomic E-state index is 13.4. The number of hydrogen-bond acceptors (Lipinski definition) is 6. The molecule has 7 nitrogen and oxygen atoms in total. The molecule has 1 unspecified atom stereocenters. The van der Waals surface area contributed by atoms with Gasteiger partial charge in [0, 0.05) is 50.6 Å². The van der Waals surface area contributed by atoms with Crippen LogP contribution in [0.3, 0.4) is 0 Å². The molecule has 0 bridgehead atoms. The highest BCUT2D eigenvalue weighted by Crippen LogP contribution is 2.24. The Morgan fingerprint density at radius 1 is 1.00 bits per heavy atom. The van der Waals surface area contributed by atoms with Crippen LogP contribution in [0.2, 0.25) is 0 Å². The van der Waals surface area contributed by atoms with Gasteiger partial charge in [0.2, 0.25) is 5.91 Å². The van der Waals surface area contributed by atoms with E-state index in [0.29, 0.717) is 34.7 Å². The molecular formula is C27H37N5O2S. The molecule has 8 heteroatoms. The number of anilines is 2. The number of carbonyl (C=O) groups excluding carboxylic acids is 1. The number of para-hydroxylation sites is 1. The van der Waals surface area contributed by atoms with Gasteiger partial charge in [0.1, 0.15) is 0 Å². The van der Waals surface area contributed by atoms with E-state index >= 15 is 0 Å². The zero-order chi connectivity index (χ0) is 25.7. The molecule has 0 aliphatic heterocycles. The predicted molar refractivity (Wildman–Crippen MR) is 148 cm³/mol. The maximum Gasteiger partial charge on any atom is 0.262 e. The Balaban J connectivity index is 1.85. The second kappa shape index (κ2) is 11.7. The normalized spacial score (nSPS) is 12.5. The van der Waals surface area contributed by atoms with Crippen molar-refractivity contribution >= 4 is 39.9 Å². The van der Waals surface area contributed by atoms with Gasteiger partial charge in [-0.05, 0) is 71.0 Å². The fraction of sp³-hybridized carbons (Fsp3) is 0.444. The highest BCUT2D eigenvalue weighted by molar-refractivity contribution is 8.00. The molecule has 1 aromatic heterocycles. The molecule has 35 heavy (non-hydrogen) atoms. The number of benzene rings is 2. The summed E-state index contributed by atoms with van der Waals surface area (Å²) in [6.45, 7) is 11.7. The van der Waals surface area contributed by atoms with Crippen LogP contribution in [0.4, 0.5) is 11.4 Å². The van der Waals surface area contributed by atoms with E-state index in [2.05, 4.69) is 37.9 Å². The molecule has 1 N–H and O–H groups in total. The van der Waals surface area contributed by atoms with E-state index in [9.17, 15) is 9.59 Å². The van der Waals surface area contributed by atoms with Crippen LogP contribution >= 0.6 is 11.8 Å². The minimum atomic E-state index is -0.436. The Bertz CT molecular complexity index is 1200. The van der Waals surface area contributed by atoms with Gasteiger partial charge in [-0.3, -0.25) is 19.1 Å². The Hall–Kier alpha value is -2.84. The first-order valence-electron chi connectivity index (χ1n) is 12.1. The number of carbonyl (C=O) groups is 1. The predicted octanol–water partition coefficient (Wildman–Crippen LogP) is 4.70. The Morgan fingerprint density at radius 3 is 2.23 bits per heavy atom. The summed E-state index contributed by atoms with van der Waals surface area (Å²) in [5.74, 6) is -0.132. The van der Waals surface area contributed by atoms with Gasteiger partial charge in [0.25, 0.3) is 5.56 Å². The molecule has 0 radical (unpaired) electrons. The summed E-state index contributed by atoms with van der Waals surface area (Å²) in [5.41, 5.74) is 2.37. The summed E-state index contributed by atoms with van der Waals surface area (Å²) in [7, 11) is 3.95. The number of thioether (sulfide) groups is 1. The van der Waals surface area contributed by atoms with E-state index < -0.39 is 5.25 Å².